The van der Waals surface area contributed by atoms with E-state index >= 15 is 0 Å². The third-order valence-electron chi connectivity index (χ3n) is 4.13. The van der Waals surface area contributed by atoms with Gasteiger partial charge in [-0.2, -0.15) is 0 Å². The van der Waals surface area contributed by atoms with E-state index in [2.05, 4.69) is 9.97 Å². The van der Waals surface area contributed by atoms with Crippen LogP contribution in [0.25, 0.3) is 11.0 Å². The number of para-hydroxylation sites is 2. The van der Waals surface area contributed by atoms with Crippen molar-refractivity contribution < 1.29 is 9.84 Å². The van der Waals surface area contributed by atoms with Gasteiger partial charge in [-0.3, -0.25) is 0 Å². The van der Waals surface area contributed by atoms with Crippen LogP contribution >= 0.6 is 0 Å². The van der Waals surface area contributed by atoms with Gasteiger partial charge >= 0.3 is 0 Å². The van der Waals surface area contributed by atoms with Gasteiger partial charge in [0, 0.05) is 13.7 Å². The molecule has 1 N–H and O–H groups in total. The number of aryl methyl sites for hydroxylation is 1. The minimum Gasteiger partial charge on any atom is -0.492 e. The number of aromatic nitrogens is 2. The number of rotatable bonds is 11. The van der Waals surface area contributed by atoms with E-state index in [-0.39, 0.29) is 5.88 Å². The molecule has 2 rings (SSSR count). The van der Waals surface area contributed by atoms with Gasteiger partial charge in [0.25, 0.3) is 0 Å². The Bertz CT molecular complexity index is 587. The summed E-state index contributed by atoms with van der Waals surface area (Å²) >= 11 is 0. The minimum atomic E-state index is 0.0850. The number of unbranched alkanes of at least 4 members (excludes halogenated alkanes) is 7. The zero-order valence-electron chi connectivity index (χ0n) is 14.1. The zero-order valence-corrected chi connectivity index (χ0v) is 14.1. The molecule has 4 heteroatoms. The molecule has 0 amide bonds. The van der Waals surface area contributed by atoms with Crippen molar-refractivity contribution in [3.63, 3.8) is 0 Å². The number of fused-ring (bicyclic) bond motifs is 1. The first kappa shape index (κ1) is 17.7. The number of hydrogen-bond acceptors (Lipinski definition) is 4. The van der Waals surface area contributed by atoms with E-state index in [1.165, 1.54) is 44.9 Å². The van der Waals surface area contributed by atoms with E-state index in [0.29, 0.717) is 0 Å². The fourth-order valence-electron chi connectivity index (χ4n) is 2.79. The molecule has 0 bridgehead atoms. The second-order valence-corrected chi connectivity index (χ2v) is 6.05. The van der Waals surface area contributed by atoms with Crippen LogP contribution in [0.2, 0.25) is 0 Å². The van der Waals surface area contributed by atoms with Crippen molar-refractivity contribution in [3.05, 3.63) is 30.0 Å². The highest BCUT2D eigenvalue weighted by atomic mass is 16.5. The second kappa shape index (κ2) is 10.2. The molecule has 0 saturated carbocycles. The maximum atomic E-state index is 9.97. The van der Waals surface area contributed by atoms with Crippen molar-refractivity contribution in [2.75, 3.05) is 13.7 Å². The molecular formula is C19H28N2O2. The third kappa shape index (κ3) is 6.14. The van der Waals surface area contributed by atoms with Crippen molar-refractivity contribution in [3.8, 4) is 5.88 Å². The molecule has 0 aliphatic heterocycles. The lowest BCUT2D eigenvalue weighted by atomic mass is 10.1. The number of hydrogen-bond donors (Lipinski definition) is 1. The maximum absolute atomic E-state index is 9.97. The summed E-state index contributed by atoms with van der Waals surface area (Å²) in [6, 6.07) is 7.67. The molecule has 0 radical (unpaired) electrons. The molecule has 0 spiro atoms. The van der Waals surface area contributed by atoms with Crippen LogP contribution in [0, 0.1) is 0 Å². The summed E-state index contributed by atoms with van der Waals surface area (Å²) in [4.78, 5) is 8.75. The van der Waals surface area contributed by atoms with Crippen LogP contribution in [0.3, 0.4) is 0 Å². The van der Waals surface area contributed by atoms with Crippen molar-refractivity contribution in [2.45, 2.75) is 57.8 Å². The lowest BCUT2D eigenvalue weighted by molar-refractivity contribution is 0.192. The van der Waals surface area contributed by atoms with E-state index in [1.54, 1.807) is 7.11 Å². The summed E-state index contributed by atoms with van der Waals surface area (Å²) in [5.74, 6) is 0.0850. The van der Waals surface area contributed by atoms with Gasteiger partial charge < -0.3 is 9.84 Å². The summed E-state index contributed by atoms with van der Waals surface area (Å²) in [6.07, 6.45) is 10.7. The van der Waals surface area contributed by atoms with Crippen LogP contribution in [0.4, 0.5) is 0 Å². The fourth-order valence-corrected chi connectivity index (χ4v) is 2.79. The first-order chi connectivity index (χ1) is 11.3. The molecule has 2 aromatic rings. The molecule has 1 heterocycles. The number of aromatic hydroxyl groups is 1. The fraction of sp³-hybridized carbons (Fsp3) is 0.579. The predicted octanol–water partition coefficient (Wildman–Crippen LogP) is 4.65. The van der Waals surface area contributed by atoms with Gasteiger partial charge in [0.2, 0.25) is 5.88 Å². The molecule has 0 aliphatic rings. The first-order valence-corrected chi connectivity index (χ1v) is 8.75. The quantitative estimate of drug-likeness (QED) is 0.613. The minimum absolute atomic E-state index is 0.0850. The molecule has 4 nitrogen and oxygen atoms in total. The Morgan fingerprint density at radius 3 is 2.04 bits per heavy atom. The third-order valence-corrected chi connectivity index (χ3v) is 4.13. The Hall–Kier alpha value is -1.68. The topological polar surface area (TPSA) is 55.2 Å². The largest absolute Gasteiger partial charge is 0.492 e. The molecule has 23 heavy (non-hydrogen) atoms. The standard InChI is InChI=1S/C19H28N2O2/c1-23-15-11-7-5-3-2-4-6-8-14-18-19(22)21-17-13-10-9-12-16(17)20-18/h9-10,12-13H,2-8,11,14-15H2,1H3,(H,21,22). The van der Waals surface area contributed by atoms with Gasteiger partial charge in [0.1, 0.15) is 5.69 Å². The molecule has 0 saturated heterocycles. The normalized spacial score (nSPS) is 11.2. The van der Waals surface area contributed by atoms with E-state index < -0.39 is 0 Å². The number of ether oxygens (including phenoxy) is 1. The zero-order chi connectivity index (χ0) is 16.3. The number of methoxy groups -OCH3 is 1. The van der Waals surface area contributed by atoms with Crippen LogP contribution < -0.4 is 0 Å². The molecule has 0 atom stereocenters. The van der Waals surface area contributed by atoms with Gasteiger partial charge in [-0.15, -0.1) is 0 Å². The molecule has 126 valence electrons. The van der Waals surface area contributed by atoms with Crippen molar-refractivity contribution >= 4 is 11.0 Å². The second-order valence-electron chi connectivity index (χ2n) is 6.05. The lowest BCUT2D eigenvalue weighted by Gasteiger charge is -2.05. The van der Waals surface area contributed by atoms with Gasteiger partial charge in [-0.05, 0) is 31.4 Å². The average Bonchev–Trinajstić information content (AvgIpc) is 2.57. The summed E-state index contributed by atoms with van der Waals surface area (Å²) < 4.78 is 5.05. The summed E-state index contributed by atoms with van der Waals surface area (Å²) in [5.41, 5.74) is 2.34. The highest BCUT2D eigenvalue weighted by molar-refractivity contribution is 5.74. The number of benzene rings is 1. The van der Waals surface area contributed by atoms with Crippen LogP contribution in [0.5, 0.6) is 5.88 Å². The summed E-state index contributed by atoms with van der Waals surface area (Å²) in [6.45, 7) is 0.885. The van der Waals surface area contributed by atoms with Gasteiger partial charge in [0.05, 0.1) is 11.0 Å². The number of nitrogens with zero attached hydrogens (tertiary/aromatic N) is 2. The predicted molar refractivity (Wildman–Crippen MR) is 93.7 cm³/mol. The molecule has 0 fully saturated rings. The van der Waals surface area contributed by atoms with Gasteiger partial charge in [-0.25, -0.2) is 9.97 Å². The Labute approximate surface area is 138 Å². The molecule has 0 aliphatic carbocycles. The van der Waals surface area contributed by atoms with Gasteiger partial charge in [-0.1, -0.05) is 50.7 Å². The monoisotopic (exact) mass is 316 g/mol. The Balaban J connectivity index is 1.62. The van der Waals surface area contributed by atoms with Crippen molar-refractivity contribution in [1.29, 1.82) is 0 Å². The van der Waals surface area contributed by atoms with Crippen LogP contribution in [0.15, 0.2) is 24.3 Å². The van der Waals surface area contributed by atoms with Crippen LogP contribution in [-0.2, 0) is 11.2 Å². The van der Waals surface area contributed by atoms with E-state index in [9.17, 15) is 5.11 Å². The Morgan fingerprint density at radius 2 is 1.39 bits per heavy atom. The average molecular weight is 316 g/mol. The SMILES string of the molecule is COCCCCCCCCCCc1nc2ccccc2nc1O. The lowest BCUT2D eigenvalue weighted by Crippen LogP contribution is -1.95. The summed E-state index contributed by atoms with van der Waals surface area (Å²) in [7, 11) is 1.76. The first-order valence-electron chi connectivity index (χ1n) is 8.75. The Kier molecular flexibility index (Phi) is 7.81. The van der Waals surface area contributed by atoms with E-state index in [1.807, 2.05) is 24.3 Å². The van der Waals surface area contributed by atoms with Crippen LogP contribution in [0.1, 0.15) is 57.1 Å². The highest BCUT2D eigenvalue weighted by Gasteiger charge is 2.07. The van der Waals surface area contributed by atoms with Crippen molar-refractivity contribution in [1.82, 2.24) is 9.97 Å². The highest BCUT2D eigenvalue weighted by Crippen LogP contribution is 2.19. The van der Waals surface area contributed by atoms with Crippen LogP contribution in [-0.4, -0.2) is 28.8 Å². The maximum Gasteiger partial charge on any atom is 0.233 e. The summed E-state index contributed by atoms with van der Waals surface area (Å²) in [5, 5.41) is 9.97. The van der Waals surface area contributed by atoms with Gasteiger partial charge in [0.15, 0.2) is 0 Å². The van der Waals surface area contributed by atoms with E-state index in [4.69, 9.17) is 4.74 Å². The molecule has 1 aromatic heterocycles. The molecule has 1 aromatic carbocycles. The van der Waals surface area contributed by atoms with E-state index in [0.717, 1.165) is 36.2 Å². The molecular weight excluding hydrogens is 288 g/mol. The van der Waals surface area contributed by atoms with Crippen molar-refractivity contribution in [2.24, 2.45) is 0 Å². The Morgan fingerprint density at radius 1 is 0.826 bits per heavy atom. The molecule has 0 unspecified atom stereocenters. The smallest absolute Gasteiger partial charge is 0.233 e.